The SMILES string of the molecule is CC(=O)OCC(C)=C1CCCc2cc(NC(=O)c3cc(F)ccc3F)ccc21. The van der Waals surface area contributed by atoms with Gasteiger partial charge in [-0.05, 0) is 78.8 Å². The van der Waals surface area contributed by atoms with Gasteiger partial charge in [-0.3, -0.25) is 9.59 Å². The van der Waals surface area contributed by atoms with Crippen LogP contribution in [-0.4, -0.2) is 18.5 Å². The first-order valence-corrected chi connectivity index (χ1v) is 9.07. The number of hydrogen-bond acceptors (Lipinski definition) is 3. The van der Waals surface area contributed by atoms with Crippen molar-refractivity contribution < 1.29 is 23.1 Å². The van der Waals surface area contributed by atoms with Crippen LogP contribution in [0.15, 0.2) is 42.0 Å². The minimum atomic E-state index is -0.775. The fraction of sp³-hybridized carbons (Fsp3) is 0.273. The van der Waals surface area contributed by atoms with E-state index in [-0.39, 0.29) is 18.1 Å². The van der Waals surface area contributed by atoms with E-state index >= 15 is 0 Å². The molecule has 0 spiro atoms. The Morgan fingerprint density at radius 3 is 2.61 bits per heavy atom. The molecule has 1 N–H and O–H groups in total. The Kier molecular flexibility index (Phi) is 5.87. The maximum Gasteiger partial charge on any atom is 0.302 e. The van der Waals surface area contributed by atoms with Gasteiger partial charge in [0.2, 0.25) is 0 Å². The molecule has 0 radical (unpaired) electrons. The molecule has 4 nitrogen and oxygen atoms in total. The molecule has 0 bridgehead atoms. The van der Waals surface area contributed by atoms with Gasteiger partial charge < -0.3 is 10.1 Å². The van der Waals surface area contributed by atoms with Crippen molar-refractivity contribution in [3.05, 3.63) is 70.3 Å². The highest BCUT2D eigenvalue weighted by molar-refractivity contribution is 6.04. The van der Waals surface area contributed by atoms with E-state index in [0.29, 0.717) is 5.69 Å². The van der Waals surface area contributed by atoms with Crippen molar-refractivity contribution in [2.75, 3.05) is 11.9 Å². The van der Waals surface area contributed by atoms with Crippen LogP contribution in [0.4, 0.5) is 14.5 Å². The Balaban J connectivity index is 1.83. The van der Waals surface area contributed by atoms with Gasteiger partial charge in [0.05, 0.1) is 5.56 Å². The van der Waals surface area contributed by atoms with E-state index < -0.39 is 17.5 Å². The van der Waals surface area contributed by atoms with Crippen LogP contribution in [0.25, 0.3) is 5.57 Å². The van der Waals surface area contributed by atoms with Crippen molar-refractivity contribution in [3.63, 3.8) is 0 Å². The Bertz CT molecular complexity index is 966. The number of hydrogen-bond donors (Lipinski definition) is 1. The fourth-order valence-corrected chi connectivity index (χ4v) is 3.37. The third kappa shape index (κ3) is 4.44. The molecule has 0 fully saturated rings. The van der Waals surface area contributed by atoms with Crippen molar-refractivity contribution in [3.8, 4) is 0 Å². The zero-order valence-electron chi connectivity index (χ0n) is 15.8. The molecule has 0 heterocycles. The molecule has 1 aliphatic carbocycles. The number of nitrogens with one attached hydrogen (secondary N) is 1. The highest BCUT2D eigenvalue weighted by Crippen LogP contribution is 2.34. The molecule has 1 amide bonds. The topological polar surface area (TPSA) is 55.4 Å². The number of amides is 1. The molecule has 1 aliphatic rings. The maximum atomic E-state index is 13.8. The predicted molar refractivity (Wildman–Crippen MR) is 103 cm³/mol. The number of carbonyl (C=O) groups is 2. The van der Waals surface area contributed by atoms with E-state index in [2.05, 4.69) is 5.32 Å². The average Bonchev–Trinajstić information content (AvgIpc) is 2.67. The number of benzene rings is 2. The Morgan fingerprint density at radius 2 is 1.86 bits per heavy atom. The normalized spacial score (nSPS) is 14.9. The zero-order valence-corrected chi connectivity index (χ0v) is 15.8. The molecule has 0 aromatic heterocycles. The van der Waals surface area contributed by atoms with Crippen molar-refractivity contribution in [2.45, 2.75) is 33.1 Å². The van der Waals surface area contributed by atoms with Crippen LogP contribution in [0.5, 0.6) is 0 Å². The van der Waals surface area contributed by atoms with Crippen molar-refractivity contribution in [1.82, 2.24) is 0 Å². The molecule has 0 atom stereocenters. The molecule has 0 saturated heterocycles. The lowest BCUT2D eigenvalue weighted by atomic mass is 9.85. The summed E-state index contributed by atoms with van der Waals surface area (Å²) in [6, 6.07) is 8.26. The van der Waals surface area contributed by atoms with Crippen LogP contribution >= 0.6 is 0 Å². The van der Waals surface area contributed by atoms with Gasteiger partial charge >= 0.3 is 5.97 Å². The molecule has 6 heteroatoms. The first-order valence-electron chi connectivity index (χ1n) is 9.07. The lowest BCUT2D eigenvalue weighted by Crippen LogP contribution is -2.15. The predicted octanol–water partition coefficient (Wildman–Crippen LogP) is 4.89. The molecular weight excluding hydrogens is 364 g/mol. The number of fused-ring (bicyclic) bond motifs is 1. The minimum Gasteiger partial charge on any atom is -0.461 e. The van der Waals surface area contributed by atoms with Crippen LogP contribution in [0.2, 0.25) is 0 Å². The number of carbonyl (C=O) groups excluding carboxylic acids is 2. The summed E-state index contributed by atoms with van der Waals surface area (Å²) in [4.78, 5) is 23.4. The molecule has 2 aromatic rings. The average molecular weight is 385 g/mol. The third-order valence-corrected chi connectivity index (χ3v) is 4.74. The number of rotatable bonds is 4. The van der Waals surface area contributed by atoms with Crippen molar-refractivity contribution in [1.29, 1.82) is 0 Å². The van der Waals surface area contributed by atoms with Crippen LogP contribution in [-0.2, 0) is 16.0 Å². The molecule has 0 aliphatic heterocycles. The summed E-state index contributed by atoms with van der Waals surface area (Å²) in [6.07, 6.45) is 2.67. The quantitative estimate of drug-likeness (QED) is 0.763. The molecule has 146 valence electrons. The summed E-state index contributed by atoms with van der Waals surface area (Å²) >= 11 is 0. The highest BCUT2D eigenvalue weighted by atomic mass is 19.1. The first-order chi connectivity index (χ1) is 13.3. The number of aryl methyl sites for hydroxylation is 1. The number of anilines is 1. The Labute approximate surface area is 162 Å². The monoisotopic (exact) mass is 385 g/mol. The van der Waals surface area contributed by atoms with Gasteiger partial charge in [-0.25, -0.2) is 8.78 Å². The second-order valence-electron chi connectivity index (χ2n) is 6.84. The van der Waals surface area contributed by atoms with Crippen LogP contribution in [0, 0.1) is 11.6 Å². The highest BCUT2D eigenvalue weighted by Gasteiger charge is 2.18. The van der Waals surface area contributed by atoms with Gasteiger partial charge in [0, 0.05) is 12.6 Å². The van der Waals surface area contributed by atoms with Crippen molar-refractivity contribution >= 4 is 23.1 Å². The summed E-state index contributed by atoms with van der Waals surface area (Å²) < 4.78 is 32.2. The maximum absolute atomic E-state index is 13.8. The van der Waals surface area contributed by atoms with E-state index in [1.54, 1.807) is 6.07 Å². The third-order valence-electron chi connectivity index (χ3n) is 4.74. The zero-order chi connectivity index (χ0) is 20.3. The molecule has 0 saturated carbocycles. The van der Waals surface area contributed by atoms with Crippen LogP contribution in [0.3, 0.4) is 0 Å². The summed E-state index contributed by atoms with van der Waals surface area (Å²) in [5.74, 6) is -2.47. The fourth-order valence-electron chi connectivity index (χ4n) is 3.37. The lowest BCUT2D eigenvalue weighted by molar-refractivity contribution is -0.139. The molecular formula is C22H21F2NO3. The van der Waals surface area contributed by atoms with Gasteiger partial charge in [-0.1, -0.05) is 6.07 Å². The molecule has 3 rings (SSSR count). The Morgan fingerprint density at radius 1 is 1.07 bits per heavy atom. The summed E-state index contributed by atoms with van der Waals surface area (Å²) in [5, 5.41) is 2.63. The number of ether oxygens (including phenoxy) is 1. The first kappa shape index (κ1) is 19.7. The number of esters is 1. The minimum absolute atomic E-state index is 0.251. The van der Waals surface area contributed by atoms with E-state index in [9.17, 15) is 18.4 Å². The van der Waals surface area contributed by atoms with Crippen molar-refractivity contribution in [2.24, 2.45) is 0 Å². The standard InChI is InChI=1S/C22H21F2NO3/c1-13(12-28-14(2)26)18-5-3-4-15-10-17(7-8-19(15)18)25-22(27)20-11-16(23)6-9-21(20)24/h6-11H,3-5,12H2,1-2H3,(H,25,27). The summed E-state index contributed by atoms with van der Waals surface area (Å²) in [6.45, 7) is 3.57. The van der Waals surface area contributed by atoms with E-state index in [0.717, 1.165) is 59.7 Å². The number of halogens is 2. The van der Waals surface area contributed by atoms with E-state index in [1.165, 1.54) is 6.92 Å². The molecule has 0 unspecified atom stereocenters. The van der Waals surface area contributed by atoms with Gasteiger partial charge in [-0.15, -0.1) is 0 Å². The largest absolute Gasteiger partial charge is 0.461 e. The van der Waals surface area contributed by atoms with Gasteiger partial charge in [0.25, 0.3) is 5.91 Å². The number of allylic oxidation sites excluding steroid dienone is 1. The summed E-state index contributed by atoms with van der Waals surface area (Å²) in [5.41, 5.74) is 4.43. The van der Waals surface area contributed by atoms with Gasteiger partial charge in [-0.2, -0.15) is 0 Å². The molecule has 2 aromatic carbocycles. The van der Waals surface area contributed by atoms with Crippen LogP contribution in [0.1, 0.15) is 48.2 Å². The van der Waals surface area contributed by atoms with E-state index in [1.807, 2.05) is 19.1 Å². The van der Waals surface area contributed by atoms with E-state index in [4.69, 9.17) is 4.74 Å². The van der Waals surface area contributed by atoms with Gasteiger partial charge in [0.1, 0.15) is 18.2 Å². The smallest absolute Gasteiger partial charge is 0.302 e. The lowest BCUT2D eigenvalue weighted by Gasteiger charge is -2.22. The van der Waals surface area contributed by atoms with Gasteiger partial charge in [0.15, 0.2) is 0 Å². The second kappa shape index (κ2) is 8.33. The second-order valence-corrected chi connectivity index (χ2v) is 6.84. The van der Waals surface area contributed by atoms with Crippen LogP contribution < -0.4 is 5.32 Å². The molecule has 28 heavy (non-hydrogen) atoms. The Hall–Kier alpha value is -3.02. The summed E-state index contributed by atoms with van der Waals surface area (Å²) in [7, 11) is 0.